The minimum absolute atomic E-state index is 0.0512. The maximum Gasteiger partial charge on any atom is 0.254 e. The summed E-state index contributed by atoms with van der Waals surface area (Å²) < 4.78 is 5.59. The van der Waals surface area contributed by atoms with Crippen LogP contribution in [0, 0.1) is 0 Å². The Balaban J connectivity index is 1.83. The molecule has 1 heterocycles. The third-order valence-corrected chi connectivity index (χ3v) is 4.29. The molecule has 0 aromatic heterocycles. The highest BCUT2D eigenvalue weighted by Crippen LogP contribution is 2.26. The van der Waals surface area contributed by atoms with E-state index < -0.39 is 0 Å². The Labute approximate surface area is 147 Å². The second kappa shape index (κ2) is 7.94. The predicted molar refractivity (Wildman–Crippen MR) is 96.4 cm³/mol. The number of hydrogen-bond donors (Lipinski definition) is 1. The fourth-order valence-electron chi connectivity index (χ4n) is 2.94. The average Bonchev–Trinajstić information content (AvgIpc) is 2.68. The topological polar surface area (TPSA) is 58.6 Å². The van der Waals surface area contributed by atoms with E-state index in [0.717, 1.165) is 5.56 Å². The molecule has 0 radical (unpaired) electrons. The summed E-state index contributed by atoms with van der Waals surface area (Å²) in [6.45, 7) is 3.36. The lowest BCUT2D eigenvalue weighted by Crippen LogP contribution is -2.43. The number of benzene rings is 2. The van der Waals surface area contributed by atoms with Crippen LogP contribution in [0.15, 0.2) is 54.6 Å². The van der Waals surface area contributed by atoms with Crippen LogP contribution in [0.25, 0.3) is 0 Å². The summed E-state index contributed by atoms with van der Waals surface area (Å²) in [7, 11) is 0. The summed E-state index contributed by atoms with van der Waals surface area (Å²) in [5.74, 6) is -0.122. The standard InChI is InChI=1S/C20H22N2O3/c1-2-19(23)21-17-10-6-9-16(13-17)20(24)22-11-12-25-14-18(22)15-7-4-3-5-8-15/h3-10,13,18H,2,11-12,14H2,1H3,(H,21,23)/t18-/m1/s1. The normalized spacial score (nSPS) is 17.2. The van der Waals surface area contributed by atoms with Crippen LogP contribution in [0.4, 0.5) is 5.69 Å². The van der Waals surface area contributed by atoms with E-state index >= 15 is 0 Å². The summed E-state index contributed by atoms with van der Waals surface area (Å²) in [4.78, 5) is 26.5. The first-order valence-electron chi connectivity index (χ1n) is 8.52. The SMILES string of the molecule is CCC(=O)Nc1cccc(C(=O)N2CCOC[C@@H]2c2ccccc2)c1. The van der Waals surface area contributed by atoms with E-state index in [1.165, 1.54) is 0 Å². The first-order valence-corrected chi connectivity index (χ1v) is 8.52. The molecule has 5 heteroatoms. The second-order valence-electron chi connectivity index (χ2n) is 5.98. The Hall–Kier alpha value is -2.66. The van der Waals surface area contributed by atoms with Gasteiger partial charge in [-0.15, -0.1) is 0 Å². The van der Waals surface area contributed by atoms with E-state index in [1.807, 2.05) is 35.2 Å². The fraction of sp³-hybridized carbons (Fsp3) is 0.300. The van der Waals surface area contributed by atoms with Gasteiger partial charge < -0.3 is 15.0 Å². The summed E-state index contributed by atoms with van der Waals surface area (Å²) in [6, 6.07) is 16.9. The first-order chi connectivity index (χ1) is 12.2. The molecule has 0 unspecified atom stereocenters. The van der Waals surface area contributed by atoms with Gasteiger partial charge in [0, 0.05) is 24.2 Å². The molecular formula is C20H22N2O3. The van der Waals surface area contributed by atoms with Crippen molar-refractivity contribution in [2.45, 2.75) is 19.4 Å². The number of hydrogen-bond acceptors (Lipinski definition) is 3. The summed E-state index contributed by atoms with van der Waals surface area (Å²) in [6.07, 6.45) is 0.401. The second-order valence-corrected chi connectivity index (χ2v) is 5.98. The van der Waals surface area contributed by atoms with Crippen molar-refractivity contribution in [2.24, 2.45) is 0 Å². The molecule has 3 rings (SSSR count). The Morgan fingerprint density at radius 2 is 1.96 bits per heavy atom. The maximum atomic E-state index is 13.0. The lowest BCUT2D eigenvalue weighted by Gasteiger charge is -2.36. The van der Waals surface area contributed by atoms with E-state index in [9.17, 15) is 9.59 Å². The van der Waals surface area contributed by atoms with Gasteiger partial charge in [0.05, 0.1) is 19.3 Å². The van der Waals surface area contributed by atoms with Crippen molar-refractivity contribution in [1.29, 1.82) is 0 Å². The molecule has 1 aliphatic heterocycles. The Morgan fingerprint density at radius 3 is 2.72 bits per heavy atom. The summed E-state index contributed by atoms with van der Waals surface area (Å²) in [5.41, 5.74) is 2.27. The molecule has 2 aromatic rings. The van der Waals surface area contributed by atoms with Gasteiger partial charge in [-0.05, 0) is 23.8 Å². The van der Waals surface area contributed by atoms with Crippen molar-refractivity contribution in [3.8, 4) is 0 Å². The molecule has 130 valence electrons. The van der Waals surface area contributed by atoms with Crippen molar-refractivity contribution >= 4 is 17.5 Å². The van der Waals surface area contributed by atoms with E-state index in [4.69, 9.17) is 4.74 Å². The van der Waals surface area contributed by atoms with Crippen LogP contribution in [-0.2, 0) is 9.53 Å². The third-order valence-electron chi connectivity index (χ3n) is 4.29. The third kappa shape index (κ3) is 4.06. The maximum absolute atomic E-state index is 13.0. The van der Waals surface area contributed by atoms with Gasteiger partial charge in [-0.2, -0.15) is 0 Å². The number of ether oxygens (including phenoxy) is 1. The van der Waals surface area contributed by atoms with Crippen molar-refractivity contribution in [2.75, 3.05) is 25.1 Å². The quantitative estimate of drug-likeness (QED) is 0.931. The molecule has 0 bridgehead atoms. The van der Waals surface area contributed by atoms with Gasteiger partial charge in [-0.1, -0.05) is 43.3 Å². The Morgan fingerprint density at radius 1 is 1.16 bits per heavy atom. The largest absolute Gasteiger partial charge is 0.377 e. The first kappa shape index (κ1) is 17.2. The number of anilines is 1. The van der Waals surface area contributed by atoms with Crippen molar-refractivity contribution in [3.63, 3.8) is 0 Å². The van der Waals surface area contributed by atoms with Crippen molar-refractivity contribution < 1.29 is 14.3 Å². The van der Waals surface area contributed by atoms with E-state index in [1.54, 1.807) is 31.2 Å². The van der Waals surface area contributed by atoms with Crippen LogP contribution in [0.1, 0.15) is 35.3 Å². The molecule has 1 saturated heterocycles. The number of carbonyl (C=O) groups is 2. The molecule has 1 N–H and O–H groups in total. The lowest BCUT2D eigenvalue weighted by molar-refractivity contribution is -0.115. The highest BCUT2D eigenvalue weighted by Gasteiger charge is 2.29. The molecule has 1 fully saturated rings. The molecule has 0 saturated carbocycles. The van der Waals surface area contributed by atoms with E-state index in [0.29, 0.717) is 37.4 Å². The zero-order chi connectivity index (χ0) is 17.6. The zero-order valence-electron chi connectivity index (χ0n) is 14.3. The van der Waals surface area contributed by atoms with Crippen LogP contribution in [0.3, 0.4) is 0 Å². The minimum Gasteiger partial charge on any atom is -0.377 e. The minimum atomic E-state index is -0.101. The molecule has 25 heavy (non-hydrogen) atoms. The zero-order valence-corrected chi connectivity index (χ0v) is 14.3. The summed E-state index contributed by atoms with van der Waals surface area (Å²) >= 11 is 0. The van der Waals surface area contributed by atoms with Crippen molar-refractivity contribution in [3.05, 3.63) is 65.7 Å². The van der Waals surface area contributed by atoms with Gasteiger partial charge in [0.25, 0.3) is 5.91 Å². The summed E-state index contributed by atoms with van der Waals surface area (Å²) in [5, 5.41) is 2.80. The number of morpholine rings is 1. The Kier molecular flexibility index (Phi) is 5.46. The predicted octanol–water partition coefficient (Wildman–Crippen LogP) is 3.25. The van der Waals surface area contributed by atoms with Crippen LogP contribution >= 0.6 is 0 Å². The monoisotopic (exact) mass is 338 g/mol. The van der Waals surface area contributed by atoms with Gasteiger partial charge in [0.2, 0.25) is 5.91 Å². The van der Waals surface area contributed by atoms with Gasteiger partial charge in [0.1, 0.15) is 0 Å². The van der Waals surface area contributed by atoms with Crippen LogP contribution in [0.2, 0.25) is 0 Å². The number of nitrogens with zero attached hydrogens (tertiary/aromatic N) is 1. The molecule has 2 amide bonds. The van der Waals surface area contributed by atoms with Crippen LogP contribution in [-0.4, -0.2) is 36.5 Å². The number of amides is 2. The van der Waals surface area contributed by atoms with Gasteiger partial charge in [0.15, 0.2) is 0 Å². The Bertz CT molecular complexity index is 746. The van der Waals surface area contributed by atoms with Crippen LogP contribution < -0.4 is 5.32 Å². The van der Waals surface area contributed by atoms with Crippen LogP contribution in [0.5, 0.6) is 0 Å². The highest BCUT2D eigenvalue weighted by atomic mass is 16.5. The molecule has 0 aliphatic carbocycles. The number of rotatable bonds is 4. The lowest BCUT2D eigenvalue weighted by atomic mass is 10.0. The molecular weight excluding hydrogens is 316 g/mol. The molecule has 0 spiro atoms. The molecule has 1 atom stereocenters. The van der Waals surface area contributed by atoms with E-state index in [2.05, 4.69) is 5.32 Å². The average molecular weight is 338 g/mol. The van der Waals surface area contributed by atoms with Gasteiger partial charge in [-0.25, -0.2) is 0 Å². The van der Waals surface area contributed by atoms with Crippen molar-refractivity contribution in [1.82, 2.24) is 4.90 Å². The van der Waals surface area contributed by atoms with Gasteiger partial charge >= 0.3 is 0 Å². The van der Waals surface area contributed by atoms with Gasteiger partial charge in [-0.3, -0.25) is 9.59 Å². The number of carbonyl (C=O) groups excluding carboxylic acids is 2. The number of nitrogens with one attached hydrogen (secondary N) is 1. The molecule has 2 aromatic carbocycles. The molecule has 5 nitrogen and oxygen atoms in total. The fourth-order valence-corrected chi connectivity index (χ4v) is 2.94. The van der Waals surface area contributed by atoms with E-state index in [-0.39, 0.29) is 17.9 Å². The highest BCUT2D eigenvalue weighted by molar-refractivity contribution is 5.97. The molecule has 1 aliphatic rings. The smallest absolute Gasteiger partial charge is 0.254 e.